The van der Waals surface area contributed by atoms with E-state index < -0.39 is 48.2 Å². The molecule has 0 bridgehead atoms. The van der Waals surface area contributed by atoms with Crippen molar-refractivity contribution in [3.63, 3.8) is 0 Å². The van der Waals surface area contributed by atoms with E-state index in [0.717, 1.165) is 0 Å². The SMILES string of the molecule is O=[N+]([O-])c1cc([N+](=O)[O-])c(N=S(c2ccccc2)c2ccccc2)c([N+](=O)[O-])c1. The Labute approximate surface area is 166 Å². The number of hydrogen-bond donors (Lipinski definition) is 0. The van der Waals surface area contributed by atoms with Gasteiger partial charge >= 0.3 is 11.4 Å². The molecular weight excluding hydrogens is 400 g/mol. The van der Waals surface area contributed by atoms with Crippen molar-refractivity contribution < 1.29 is 14.8 Å². The van der Waals surface area contributed by atoms with Gasteiger partial charge in [-0.15, -0.1) is 0 Å². The molecule has 3 rings (SSSR count). The first-order valence-electron chi connectivity index (χ1n) is 8.06. The summed E-state index contributed by atoms with van der Waals surface area (Å²) >= 11 is 0. The van der Waals surface area contributed by atoms with Gasteiger partial charge in [0.2, 0.25) is 5.69 Å². The lowest BCUT2D eigenvalue weighted by Crippen LogP contribution is -1.99. The maximum Gasteiger partial charge on any atom is 0.309 e. The number of hydrogen-bond acceptors (Lipinski definition) is 7. The van der Waals surface area contributed by atoms with Crippen molar-refractivity contribution >= 4 is 33.4 Å². The summed E-state index contributed by atoms with van der Waals surface area (Å²) in [5, 5.41) is 34.1. The van der Waals surface area contributed by atoms with Gasteiger partial charge < -0.3 is 0 Å². The molecule has 0 fully saturated rings. The van der Waals surface area contributed by atoms with E-state index in [1.165, 1.54) is 0 Å². The Bertz CT molecular complexity index is 1060. The van der Waals surface area contributed by atoms with Crippen molar-refractivity contribution in [1.82, 2.24) is 0 Å². The standard InChI is InChI=1S/C18H12N4O6S/c23-20(24)13-11-16(21(25)26)18(17(12-13)22(27)28)19-29(14-7-3-1-4-8-14)15-9-5-2-6-10-15/h1-12H. The van der Waals surface area contributed by atoms with Crippen LogP contribution in [-0.2, 0) is 10.7 Å². The van der Waals surface area contributed by atoms with Crippen molar-refractivity contribution in [3.05, 3.63) is 103 Å². The fourth-order valence-corrected chi connectivity index (χ4v) is 4.18. The van der Waals surface area contributed by atoms with Gasteiger partial charge in [-0.3, -0.25) is 30.3 Å². The highest BCUT2D eigenvalue weighted by Gasteiger charge is 2.31. The van der Waals surface area contributed by atoms with Crippen LogP contribution < -0.4 is 0 Å². The lowest BCUT2D eigenvalue weighted by atomic mass is 10.2. The first-order chi connectivity index (χ1) is 13.9. The van der Waals surface area contributed by atoms with Crippen molar-refractivity contribution in [2.75, 3.05) is 0 Å². The van der Waals surface area contributed by atoms with Crippen LogP contribution >= 0.6 is 0 Å². The molecule has 29 heavy (non-hydrogen) atoms. The zero-order valence-electron chi connectivity index (χ0n) is 14.6. The van der Waals surface area contributed by atoms with Gasteiger partial charge in [0.05, 0.1) is 26.9 Å². The number of rotatable bonds is 6. The minimum Gasteiger partial charge on any atom is -0.258 e. The highest BCUT2D eigenvalue weighted by atomic mass is 32.2. The second-order valence-corrected chi connectivity index (χ2v) is 7.30. The third-order valence-electron chi connectivity index (χ3n) is 3.77. The second kappa shape index (κ2) is 8.35. The van der Waals surface area contributed by atoms with Gasteiger partial charge in [-0.1, -0.05) is 36.4 Å². The average molecular weight is 412 g/mol. The van der Waals surface area contributed by atoms with Crippen molar-refractivity contribution in [2.24, 2.45) is 4.36 Å². The molecule has 0 heterocycles. The maximum atomic E-state index is 11.5. The molecule has 11 heteroatoms. The minimum atomic E-state index is -1.13. The molecule has 0 amide bonds. The van der Waals surface area contributed by atoms with Crippen molar-refractivity contribution in [1.29, 1.82) is 0 Å². The molecule has 0 atom stereocenters. The Kier molecular flexibility index (Phi) is 5.69. The maximum absolute atomic E-state index is 11.5. The van der Waals surface area contributed by atoms with E-state index in [-0.39, 0.29) is 0 Å². The van der Waals surface area contributed by atoms with Crippen molar-refractivity contribution in [3.8, 4) is 0 Å². The molecule has 0 saturated carbocycles. The summed E-state index contributed by atoms with van der Waals surface area (Å²) in [7, 11) is -1.13. The molecule has 0 aromatic heterocycles. The molecule has 0 aliphatic carbocycles. The molecule has 0 aliphatic heterocycles. The minimum absolute atomic E-state index is 0.512. The molecule has 3 aromatic carbocycles. The number of nitro groups is 3. The largest absolute Gasteiger partial charge is 0.309 e. The Morgan fingerprint density at radius 2 is 1.07 bits per heavy atom. The number of nitro benzene ring substituents is 3. The van der Waals surface area contributed by atoms with Crippen LogP contribution in [0.3, 0.4) is 0 Å². The predicted molar refractivity (Wildman–Crippen MR) is 105 cm³/mol. The molecule has 3 aromatic rings. The third-order valence-corrected chi connectivity index (χ3v) is 5.58. The van der Waals surface area contributed by atoms with E-state index in [0.29, 0.717) is 21.9 Å². The normalized spacial score (nSPS) is 10.5. The summed E-state index contributed by atoms with van der Waals surface area (Å²) in [6.07, 6.45) is 0. The summed E-state index contributed by atoms with van der Waals surface area (Å²) in [6, 6.07) is 19.0. The monoisotopic (exact) mass is 412 g/mol. The van der Waals surface area contributed by atoms with Gasteiger partial charge in [0.1, 0.15) is 0 Å². The smallest absolute Gasteiger partial charge is 0.258 e. The predicted octanol–water partition coefficient (Wildman–Crippen LogP) is 4.96. The summed E-state index contributed by atoms with van der Waals surface area (Å²) in [5.74, 6) is 0. The highest BCUT2D eigenvalue weighted by molar-refractivity contribution is 7.87. The summed E-state index contributed by atoms with van der Waals surface area (Å²) < 4.78 is 4.36. The Balaban J connectivity index is 2.37. The molecule has 0 unspecified atom stereocenters. The average Bonchev–Trinajstić information content (AvgIpc) is 2.72. The van der Waals surface area contributed by atoms with Crippen molar-refractivity contribution in [2.45, 2.75) is 9.79 Å². The van der Waals surface area contributed by atoms with Crippen LogP contribution in [0, 0.1) is 30.3 Å². The Hall–Kier alpha value is -3.99. The van der Waals surface area contributed by atoms with E-state index in [2.05, 4.69) is 4.36 Å². The van der Waals surface area contributed by atoms with Crippen LogP contribution in [0.25, 0.3) is 0 Å². The van der Waals surface area contributed by atoms with E-state index in [4.69, 9.17) is 0 Å². The van der Waals surface area contributed by atoms with Crippen LogP contribution in [-0.4, -0.2) is 14.8 Å². The van der Waals surface area contributed by atoms with Crippen LogP contribution in [0.5, 0.6) is 0 Å². The topological polar surface area (TPSA) is 142 Å². The van der Waals surface area contributed by atoms with E-state index >= 15 is 0 Å². The fraction of sp³-hybridized carbons (Fsp3) is 0. The Morgan fingerprint density at radius 1 is 0.655 bits per heavy atom. The lowest BCUT2D eigenvalue weighted by Gasteiger charge is -2.09. The zero-order chi connectivity index (χ0) is 21.0. The quantitative estimate of drug-likeness (QED) is 0.413. The van der Waals surface area contributed by atoms with Gasteiger partial charge in [-0.25, -0.2) is 4.36 Å². The lowest BCUT2D eigenvalue weighted by molar-refractivity contribution is -0.402. The Morgan fingerprint density at radius 3 is 1.41 bits per heavy atom. The highest BCUT2D eigenvalue weighted by Crippen LogP contribution is 2.42. The molecular formula is C18H12N4O6S. The first kappa shape index (κ1) is 19.8. The number of nitrogens with zero attached hydrogens (tertiary/aromatic N) is 4. The van der Waals surface area contributed by atoms with Crippen LogP contribution in [0.4, 0.5) is 22.7 Å². The number of benzene rings is 3. The van der Waals surface area contributed by atoms with Gasteiger partial charge in [-0.05, 0) is 35.0 Å². The van der Waals surface area contributed by atoms with Gasteiger partial charge in [-0.2, -0.15) is 0 Å². The van der Waals surface area contributed by atoms with E-state index in [9.17, 15) is 30.3 Å². The molecule has 0 aliphatic rings. The van der Waals surface area contributed by atoms with Crippen LogP contribution in [0.2, 0.25) is 0 Å². The van der Waals surface area contributed by atoms with Crippen LogP contribution in [0.1, 0.15) is 0 Å². The van der Waals surface area contributed by atoms with E-state index in [1.54, 1.807) is 60.7 Å². The molecule has 146 valence electrons. The first-order valence-corrected chi connectivity index (χ1v) is 9.24. The van der Waals surface area contributed by atoms with Gasteiger partial charge in [0.15, 0.2) is 0 Å². The molecule has 0 spiro atoms. The molecule has 0 N–H and O–H groups in total. The zero-order valence-corrected chi connectivity index (χ0v) is 15.4. The summed E-state index contributed by atoms with van der Waals surface area (Å²) in [5.41, 5.74) is -2.85. The molecule has 0 radical (unpaired) electrons. The van der Waals surface area contributed by atoms with Crippen LogP contribution in [0.15, 0.2) is 87.0 Å². The third kappa shape index (κ3) is 4.30. The molecule has 10 nitrogen and oxygen atoms in total. The van der Waals surface area contributed by atoms with E-state index in [1.807, 2.05) is 0 Å². The summed E-state index contributed by atoms with van der Waals surface area (Å²) in [4.78, 5) is 32.7. The number of non-ortho nitro benzene ring substituents is 1. The fourth-order valence-electron chi connectivity index (χ4n) is 2.50. The second-order valence-electron chi connectivity index (χ2n) is 5.61. The van der Waals surface area contributed by atoms with Gasteiger partial charge in [0, 0.05) is 9.79 Å². The van der Waals surface area contributed by atoms with Gasteiger partial charge in [0.25, 0.3) is 5.69 Å². The summed E-state index contributed by atoms with van der Waals surface area (Å²) in [6.45, 7) is 0. The molecule has 0 saturated heterocycles.